The van der Waals surface area contributed by atoms with Crippen molar-refractivity contribution in [1.82, 2.24) is 4.90 Å². The molecule has 12 fully saturated rings. The second kappa shape index (κ2) is 32.2. The Morgan fingerprint density at radius 2 is 1.25 bits per heavy atom. The van der Waals surface area contributed by atoms with E-state index in [0.29, 0.717) is 32.1 Å². The Hall–Kier alpha value is -3.91. The maximum atomic E-state index is 16.5. The third kappa shape index (κ3) is 14.2. The number of aliphatic hydroxyl groups is 17. The maximum Gasteiger partial charge on any atom is 0.335 e. The molecule has 42 atom stereocenters. The number of allylic oxidation sites excluding steroid dienone is 2. The summed E-state index contributed by atoms with van der Waals surface area (Å²) in [4.78, 5) is 70.0. The van der Waals surface area contributed by atoms with E-state index in [1.54, 1.807) is 13.8 Å². The summed E-state index contributed by atoms with van der Waals surface area (Å²) in [5.41, 5.74) is -7.29. The molecule has 13 aliphatic rings. The van der Waals surface area contributed by atoms with Crippen molar-refractivity contribution in [3.63, 3.8) is 0 Å². The van der Waals surface area contributed by atoms with Crippen LogP contribution in [0, 0.1) is 50.2 Å². The normalized spacial score (nSPS) is 53.1. The molecule has 19 N–H and O–H groups in total. The van der Waals surface area contributed by atoms with Crippen molar-refractivity contribution in [2.75, 3.05) is 40.1 Å². The minimum Gasteiger partial charge on any atom is -0.481 e. The number of carbonyl (C=O) groups is 5. The first-order valence-corrected chi connectivity index (χ1v) is 39.4. The lowest BCUT2D eigenvalue weighted by Crippen LogP contribution is -2.84. The van der Waals surface area contributed by atoms with Gasteiger partial charge >= 0.3 is 17.9 Å². The Balaban J connectivity index is 0.799. The molecule has 0 aromatic rings. The van der Waals surface area contributed by atoms with Gasteiger partial charge in [-0.25, -0.2) is 4.79 Å². The molecule has 0 aromatic carbocycles. The van der Waals surface area contributed by atoms with E-state index < -0.39 is 309 Å². The van der Waals surface area contributed by atoms with Crippen LogP contribution in [0.5, 0.6) is 0 Å². The average Bonchev–Trinajstić information content (AvgIpc) is 0.698. The van der Waals surface area contributed by atoms with Gasteiger partial charge in [-0.2, -0.15) is 0 Å². The summed E-state index contributed by atoms with van der Waals surface area (Å²) in [6, 6.07) is -1.50. The summed E-state index contributed by atoms with van der Waals surface area (Å²) in [7, 11) is 1.18. The molecular weight excluding hydrogens is 1520 g/mol. The van der Waals surface area contributed by atoms with Gasteiger partial charge in [0.15, 0.2) is 49.8 Å². The van der Waals surface area contributed by atoms with Crippen LogP contribution in [-0.4, -0.2) is 380 Å². The van der Waals surface area contributed by atoms with Gasteiger partial charge in [-0.3, -0.25) is 14.4 Å². The Morgan fingerprint density at radius 1 is 0.605 bits per heavy atom. The van der Waals surface area contributed by atoms with Crippen molar-refractivity contribution in [3.05, 3.63) is 11.6 Å². The fourth-order valence-electron chi connectivity index (χ4n) is 22.1. The SMILES string of the molecule is CC[C@]1(O)CO[C@@H](OC2C(O)[C@H](O[C@H]3C(C)O[C@@H](C4(OC(=O)[C@]56CCC(C)(C)CC5C5=CCC7C8(C)CC[C@H](O[C@@H]9OC(C(=O)O)[C@@H](O)[C@H](O[C@@H]%10OC[C@@H](O)[C@H](O)C%10O)C9O[C@@H]9OC(CO)[C@H](O)[C@H](O)C9O)[C@](C)(C=O)[C@@H]8CC[C@]7(C)[C@]5(C)CC6O)OC5C(O)[C@@H](N(C)C(=O)CC(=O)O)C(CO)O[C@H]54)C(O)C3O)OC[C@H]2O)C1O. The van der Waals surface area contributed by atoms with E-state index in [4.69, 9.17) is 66.3 Å². The largest absolute Gasteiger partial charge is 0.481 e. The molecule has 648 valence electrons. The molecule has 4 saturated carbocycles. The quantitative estimate of drug-likeness (QED) is 0.0167. The highest BCUT2D eigenvalue weighted by atomic mass is 16.8. The first-order valence-electron chi connectivity index (χ1n) is 39.4. The van der Waals surface area contributed by atoms with Crippen LogP contribution in [-0.2, 0) is 90.3 Å². The van der Waals surface area contributed by atoms with Crippen molar-refractivity contribution in [2.24, 2.45) is 50.2 Å². The van der Waals surface area contributed by atoms with E-state index in [0.717, 1.165) is 16.8 Å². The predicted octanol–water partition coefficient (Wildman–Crippen LogP) is -6.22. The number of hydrogen-bond donors (Lipinski definition) is 19. The Bertz CT molecular complexity index is 3520. The summed E-state index contributed by atoms with van der Waals surface area (Å²) >= 11 is 0. The third-order valence-corrected chi connectivity index (χ3v) is 29.0. The van der Waals surface area contributed by atoms with E-state index in [1.807, 2.05) is 20.8 Å². The van der Waals surface area contributed by atoms with Gasteiger partial charge in [0.05, 0.1) is 62.8 Å². The highest BCUT2D eigenvalue weighted by Gasteiger charge is 2.78. The molecule has 39 nitrogen and oxygen atoms in total. The number of carboxylic acids is 2. The number of rotatable bonds is 21. The number of nitrogens with zero attached hydrogens (tertiary/aromatic N) is 1. The fraction of sp³-hybridized carbons (Fsp3) is 0.907. The van der Waals surface area contributed by atoms with Crippen molar-refractivity contribution in [2.45, 2.75) is 334 Å². The molecule has 8 saturated heterocycles. The van der Waals surface area contributed by atoms with Crippen LogP contribution in [0.2, 0.25) is 0 Å². The lowest BCUT2D eigenvalue weighted by atomic mass is 9.33. The predicted molar refractivity (Wildman–Crippen MR) is 372 cm³/mol. The number of carboxylic acid groups (broad SMARTS) is 2. The highest BCUT2D eigenvalue weighted by molar-refractivity contribution is 5.93. The lowest BCUT2D eigenvalue weighted by molar-refractivity contribution is -0.474. The molecule has 39 heteroatoms. The summed E-state index contributed by atoms with van der Waals surface area (Å²) in [6.07, 6.45) is -52.6. The highest BCUT2D eigenvalue weighted by Crippen LogP contribution is 2.76. The van der Waals surface area contributed by atoms with Gasteiger partial charge < -0.3 is 173 Å². The number of ether oxygens (including phenoxy) is 14. The van der Waals surface area contributed by atoms with Gasteiger partial charge in [0.1, 0.15) is 146 Å². The Kier molecular flexibility index (Phi) is 24.8. The number of hydrogen-bond acceptors (Lipinski definition) is 36. The van der Waals surface area contributed by atoms with Crippen LogP contribution < -0.4 is 0 Å². The lowest BCUT2D eigenvalue weighted by Gasteiger charge is -2.71. The molecular formula is C75H115NO38. The van der Waals surface area contributed by atoms with Gasteiger partial charge in [0.2, 0.25) is 5.91 Å². The molecule has 0 aromatic heterocycles. The third-order valence-electron chi connectivity index (χ3n) is 29.0. The summed E-state index contributed by atoms with van der Waals surface area (Å²) in [5.74, 6) is -9.78. The zero-order valence-electron chi connectivity index (χ0n) is 64.9. The second-order valence-corrected chi connectivity index (χ2v) is 35.8. The van der Waals surface area contributed by atoms with Crippen LogP contribution in [0.25, 0.3) is 0 Å². The second-order valence-electron chi connectivity index (χ2n) is 35.8. The van der Waals surface area contributed by atoms with Gasteiger partial charge in [-0.1, -0.05) is 60.1 Å². The monoisotopic (exact) mass is 1640 g/mol. The zero-order chi connectivity index (χ0) is 83.3. The van der Waals surface area contributed by atoms with E-state index in [1.165, 1.54) is 14.0 Å². The maximum absolute atomic E-state index is 16.5. The van der Waals surface area contributed by atoms with Crippen molar-refractivity contribution < 1.29 is 187 Å². The Labute approximate surface area is 655 Å². The summed E-state index contributed by atoms with van der Waals surface area (Å²) in [5, 5.41) is 213. The van der Waals surface area contributed by atoms with Gasteiger partial charge in [0.25, 0.3) is 5.79 Å². The van der Waals surface area contributed by atoms with Crippen LogP contribution in [0.15, 0.2) is 11.6 Å². The van der Waals surface area contributed by atoms with Crippen molar-refractivity contribution >= 4 is 30.1 Å². The Morgan fingerprint density at radius 3 is 1.89 bits per heavy atom. The molecule has 19 unspecified atom stereocenters. The smallest absolute Gasteiger partial charge is 0.335 e. The number of likely N-dealkylation sites (N-methyl/N-ethyl adjacent to an activating group) is 1. The van der Waals surface area contributed by atoms with Crippen LogP contribution in [0.1, 0.15) is 126 Å². The molecule has 0 radical (unpaired) electrons. The topological polar surface area (TPSA) is 602 Å². The van der Waals surface area contributed by atoms with Crippen LogP contribution in [0.3, 0.4) is 0 Å². The molecule has 1 amide bonds. The number of aliphatic hydroxyl groups excluding tert-OH is 16. The zero-order valence-corrected chi connectivity index (χ0v) is 64.9. The van der Waals surface area contributed by atoms with E-state index >= 15 is 4.79 Å². The first kappa shape index (κ1) is 87.9. The van der Waals surface area contributed by atoms with Crippen LogP contribution >= 0.6 is 0 Å². The number of aliphatic carboxylic acids is 2. The van der Waals surface area contributed by atoms with Gasteiger partial charge in [0, 0.05) is 7.05 Å². The number of carbonyl (C=O) groups excluding carboxylic acids is 3. The van der Waals surface area contributed by atoms with Crippen LogP contribution in [0.4, 0.5) is 0 Å². The first-order chi connectivity index (χ1) is 53.4. The molecule has 13 rings (SSSR count). The van der Waals surface area contributed by atoms with E-state index in [-0.39, 0.29) is 44.6 Å². The molecule has 5 aliphatic carbocycles. The fourth-order valence-corrected chi connectivity index (χ4v) is 22.1. The van der Waals surface area contributed by atoms with Crippen molar-refractivity contribution in [3.8, 4) is 0 Å². The minimum absolute atomic E-state index is 0.0121. The number of amides is 1. The standard InChI is InChI=1S/C75H115NO38/c1-10-73(100)27-103-66(58(73)96)109-53-32(81)25-102-63(51(53)95)108-52-28(2)104-59(47(91)46(52)90)75(60-55(113-75)44(88)41(33(22-77)105-60)76(9)39(83)19-40(84)85)114-67(99)74-18-17-68(3,4)20-30(74)29-11-12-36-69(5)15-14-38(70(6,26-79)35(69)13-16-71(36,7)72(29,8)21-37(74)82)107-65-57(112-64-49(93)45(89)43(87)34(23-78)106-64)54(50(94)56(111-65)61(97)98)110-62-48(92)42(86)31(80)24-101-62/h11,26,28,30-38,41-60,62-66,77-78,80-82,86-96,100H,10,12-25,27H2,1-9H3,(H,84,85)(H,97,98)/t28?,30?,31-,32-,33?,34?,35-,36?,37?,38+,41+,42+,43+,44?,45+,46?,47?,48?,49?,50+,51?,52+,53?,54+,55?,56?,57?,58?,59-,60-,62+,63+,64+,65-,66+,69?,70-,71+,72-,73+,74-,75?/m1/s1. The molecule has 114 heavy (non-hydrogen) atoms. The van der Waals surface area contributed by atoms with E-state index in [9.17, 15) is 116 Å². The number of aldehydes is 1. The van der Waals surface area contributed by atoms with Gasteiger partial charge in [-0.15, -0.1) is 0 Å². The number of esters is 1. The number of fused-ring (bicyclic) bond motifs is 8. The molecule has 0 spiro atoms. The molecule has 0 bridgehead atoms. The van der Waals surface area contributed by atoms with E-state index in [2.05, 4.69) is 19.9 Å². The summed E-state index contributed by atoms with van der Waals surface area (Å²) < 4.78 is 86.0. The summed E-state index contributed by atoms with van der Waals surface area (Å²) in [6.45, 7) is 11.6. The molecule has 8 aliphatic heterocycles. The minimum atomic E-state index is -2.73. The average molecular weight is 1640 g/mol. The molecule has 8 heterocycles. The van der Waals surface area contributed by atoms with Crippen molar-refractivity contribution in [1.29, 1.82) is 0 Å². The van der Waals surface area contributed by atoms with Gasteiger partial charge in [-0.05, 0) is 111 Å².